The fourth-order valence-corrected chi connectivity index (χ4v) is 1.48. The number of nitrogens with zero attached hydrogens (tertiary/aromatic N) is 1. The Kier molecular flexibility index (Phi) is 8.09. The Hall–Kier alpha value is -0.770. The van der Waals surface area contributed by atoms with Crippen LogP contribution in [-0.4, -0.2) is 18.5 Å². The van der Waals surface area contributed by atoms with E-state index in [1.165, 1.54) is 0 Å². The van der Waals surface area contributed by atoms with Crippen molar-refractivity contribution in [1.82, 2.24) is 10.7 Å². The minimum atomic E-state index is 0.404. The zero-order valence-electron chi connectivity index (χ0n) is 10.5. The Morgan fingerprint density at radius 1 is 1.33 bits per heavy atom. The molecule has 4 N–H and O–H groups in total. The molecule has 1 atom stereocenters. The summed E-state index contributed by atoms with van der Waals surface area (Å²) in [4.78, 5) is 4.35. The second-order valence-corrected chi connectivity index (χ2v) is 4.40. The van der Waals surface area contributed by atoms with Crippen LogP contribution >= 0.6 is 0 Å². The van der Waals surface area contributed by atoms with Gasteiger partial charge in [0, 0.05) is 12.6 Å². The molecule has 0 aromatic heterocycles. The topological polar surface area (TPSA) is 62.4 Å². The van der Waals surface area contributed by atoms with Gasteiger partial charge in [0.1, 0.15) is 0 Å². The van der Waals surface area contributed by atoms with E-state index >= 15 is 0 Å². The lowest BCUT2D eigenvalue weighted by Crippen LogP contribution is -2.45. The molecule has 0 amide bonds. The molecule has 0 heterocycles. The average molecular weight is 214 g/mol. The molecule has 0 fully saturated rings. The van der Waals surface area contributed by atoms with E-state index in [0.29, 0.717) is 17.9 Å². The van der Waals surface area contributed by atoms with Crippen LogP contribution in [0.1, 0.15) is 47.0 Å². The number of rotatable bonds is 6. The first-order chi connectivity index (χ1) is 7.10. The Balaban J connectivity index is 3.91. The standard InChI is InChI=1S/C11H26N4/c1-5-6-7-13-11(15-12)14-10(4)8-9(2)3/h9-10H,5-8,12H2,1-4H3,(H2,13,14,15). The van der Waals surface area contributed by atoms with Crippen molar-refractivity contribution in [2.75, 3.05) is 6.54 Å². The van der Waals surface area contributed by atoms with E-state index < -0.39 is 0 Å². The molecule has 0 aliphatic rings. The van der Waals surface area contributed by atoms with Gasteiger partial charge in [-0.15, -0.1) is 0 Å². The highest BCUT2D eigenvalue weighted by Gasteiger charge is 2.06. The monoisotopic (exact) mass is 214 g/mol. The molecule has 90 valence electrons. The van der Waals surface area contributed by atoms with Gasteiger partial charge >= 0.3 is 0 Å². The summed E-state index contributed by atoms with van der Waals surface area (Å²) in [7, 11) is 0. The molecular formula is C11H26N4. The molecule has 0 radical (unpaired) electrons. The summed E-state index contributed by atoms with van der Waals surface area (Å²) in [5, 5.41) is 3.27. The maximum absolute atomic E-state index is 5.39. The van der Waals surface area contributed by atoms with E-state index in [0.717, 1.165) is 25.8 Å². The van der Waals surface area contributed by atoms with E-state index in [1.807, 2.05) is 0 Å². The third-order valence-corrected chi connectivity index (χ3v) is 2.13. The minimum absolute atomic E-state index is 0.404. The molecular weight excluding hydrogens is 188 g/mol. The van der Waals surface area contributed by atoms with Gasteiger partial charge in [0.25, 0.3) is 0 Å². The van der Waals surface area contributed by atoms with E-state index in [-0.39, 0.29) is 0 Å². The predicted octanol–water partition coefficient (Wildman–Crippen LogP) is 1.63. The second kappa shape index (κ2) is 8.53. The highest BCUT2D eigenvalue weighted by molar-refractivity contribution is 5.79. The van der Waals surface area contributed by atoms with Gasteiger partial charge in [-0.25, -0.2) is 5.84 Å². The van der Waals surface area contributed by atoms with Crippen LogP contribution < -0.4 is 16.6 Å². The van der Waals surface area contributed by atoms with Crippen LogP contribution in [0.2, 0.25) is 0 Å². The second-order valence-electron chi connectivity index (χ2n) is 4.40. The number of hydrogen-bond donors (Lipinski definition) is 3. The van der Waals surface area contributed by atoms with Crippen molar-refractivity contribution >= 4 is 5.96 Å². The molecule has 0 spiro atoms. The van der Waals surface area contributed by atoms with Gasteiger partial charge < -0.3 is 5.32 Å². The Morgan fingerprint density at radius 2 is 2.00 bits per heavy atom. The number of nitrogens with one attached hydrogen (secondary N) is 2. The summed E-state index contributed by atoms with van der Waals surface area (Å²) in [6, 6.07) is 0.404. The van der Waals surface area contributed by atoms with Crippen LogP contribution in [0.3, 0.4) is 0 Å². The molecule has 0 saturated carbocycles. The number of hydrogen-bond acceptors (Lipinski definition) is 2. The summed E-state index contributed by atoms with van der Waals surface area (Å²) in [5.41, 5.74) is 2.60. The lowest BCUT2D eigenvalue weighted by Gasteiger charge is -2.18. The van der Waals surface area contributed by atoms with Crippen LogP contribution in [0.4, 0.5) is 0 Å². The number of hydrazine groups is 1. The fraction of sp³-hybridized carbons (Fsp3) is 0.909. The Bertz CT molecular complexity index is 177. The maximum Gasteiger partial charge on any atom is 0.205 e. The number of nitrogens with two attached hydrogens (primary N) is 1. The van der Waals surface area contributed by atoms with Crippen LogP contribution in [0, 0.1) is 5.92 Å². The van der Waals surface area contributed by atoms with Gasteiger partial charge in [-0.2, -0.15) is 0 Å². The third-order valence-electron chi connectivity index (χ3n) is 2.13. The van der Waals surface area contributed by atoms with Crippen molar-refractivity contribution in [3.63, 3.8) is 0 Å². The van der Waals surface area contributed by atoms with Crippen molar-refractivity contribution in [3.05, 3.63) is 0 Å². The minimum Gasteiger partial charge on any atom is -0.353 e. The SMILES string of the molecule is CCCCN=C(NN)NC(C)CC(C)C. The average Bonchev–Trinajstić information content (AvgIpc) is 2.15. The lowest BCUT2D eigenvalue weighted by atomic mass is 10.1. The molecule has 0 aliphatic carbocycles. The summed E-state index contributed by atoms with van der Waals surface area (Å²) >= 11 is 0. The van der Waals surface area contributed by atoms with Crippen molar-refractivity contribution < 1.29 is 0 Å². The van der Waals surface area contributed by atoms with Gasteiger partial charge in [0.05, 0.1) is 0 Å². The quantitative estimate of drug-likeness (QED) is 0.207. The third kappa shape index (κ3) is 8.24. The Labute approximate surface area is 93.7 Å². The van der Waals surface area contributed by atoms with Crippen LogP contribution in [0.25, 0.3) is 0 Å². The van der Waals surface area contributed by atoms with Gasteiger partial charge in [-0.3, -0.25) is 10.4 Å². The highest BCUT2D eigenvalue weighted by Crippen LogP contribution is 2.03. The van der Waals surface area contributed by atoms with Gasteiger partial charge in [0.2, 0.25) is 5.96 Å². The molecule has 0 saturated heterocycles. The van der Waals surface area contributed by atoms with Crippen molar-refractivity contribution in [2.45, 2.75) is 53.0 Å². The first kappa shape index (κ1) is 14.2. The molecule has 0 rings (SSSR count). The molecule has 4 nitrogen and oxygen atoms in total. The zero-order valence-corrected chi connectivity index (χ0v) is 10.5. The predicted molar refractivity (Wildman–Crippen MR) is 66.6 cm³/mol. The molecule has 15 heavy (non-hydrogen) atoms. The van der Waals surface area contributed by atoms with Gasteiger partial charge in [-0.05, 0) is 25.7 Å². The first-order valence-corrected chi connectivity index (χ1v) is 5.87. The van der Waals surface area contributed by atoms with E-state index in [1.54, 1.807) is 0 Å². The summed E-state index contributed by atoms with van der Waals surface area (Å²) in [6.45, 7) is 9.55. The van der Waals surface area contributed by atoms with E-state index in [9.17, 15) is 0 Å². The van der Waals surface area contributed by atoms with Crippen LogP contribution in [0.15, 0.2) is 4.99 Å². The molecule has 0 aliphatic heterocycles. The van der Waals surface area contributed by atoms with E-state index in [4.69, 9.17) is 5.84 Å². The molecule has 0 aromatic rings. The van der Waals surface area contributed by atoms with Crippen molar-refractivity contribution in [1.29, 1.82) is 0 Å². The molecule has 1 unspecified atom stereocenters. The molecule has 4 heteroatoms. The van der Waals surface area contributed by atoms with Gasteiger partial charge in [0.15, 0.2) is 0 Å². The number of guanidine groups is 1. The lowest BCUT2D eigenvalue weighted by molar-refractivity contribution is 0.486. The van der Waals surface area contributed by atoms with Crippen molar-refractivity contribution in [2.24, 2.45) is 16.8 Å². The van der Waals surface area contributed by atoms with Crippen LogP contribution in [0.5, 0.6) is 0 Å². The normalized spacial score (nSPS) is 14.1. The Morgan fingerprint density at radius 3 is 2.47 bits per heavy atom. The fourth-order valence-electron chi connectivity index (χ4n) is 1.48. The largest absolute Gasteiger partial charge is 0.353 e. The van der Waals surface area contributed by atoms with E-state index in [2.05, 4.69) is 43.4 Å². The first-order valence-electron chi connectivity index (χ1n) is 5.87. The summed E-state index contributed by atoms with van der Waals surface area (Å²) in [6.07, 6.45) is 3.38. The number of unbranched alkanes of at least 4 members (excludes halogenated alkanes) is 1. The number of aliphatic imine (C=N–C) groups is 1. The van der Waals surface area contributed by atoms with Crippen LogP contribution in [-0.2, 0) is 0 Å². The summed E-state index contributed by atoms with van der Waals surface area (Å²) in [5.74, 6) is 6.78. The molecule has 0 bridgehead atoms. The summed E-state index contributed by atoms with van der Waals surface area (Å²) < 4.78 is 0. The van der Waals surface area contributed by atoms with Crippen molar-refractivity contribution in [3.8, 4) is 0 Å². The smallest absolute Gasteiger partial charge is 0.205 e. The zero-order chi connectivity index (χ0) is 11.7. The molecule has 0 aromatic carbocycles. The maximum atomic E-state index is 5.39. The highest BCUT2D eigenvalue weighted by atomic mass is 15.3. The van der Waals surface area contributed by atoms with Gasteiger partial charge in [-0.1, -0.05) is 27.2 Å².